The molecule has 1 aromatic rings. The van der Waals surface area contributed by atoms with Gasteiger partial charge in [0.25, 0.3) is 5.90 Å². The molecule has 0 aliphatic carbocycles. The molecule has 0 bridgehead atoms. The largest absolute Gasteiger partial charge is 0.491 e. The van der Waals surface area contributed by atoms with Gasteiger partial charge in [0.1, 0.15) is 5.70 Å². The summed E-state index contributed by atoms with van der Waals surface area (Å²) < 4.78 is 30.0. The Bertz CT molecular complexity index is 753. The second-order valence-corrected chi connectivity index (χ2v) is 4.88. The lowest BCUT2D eigenvalue weighted by Gasteiger charge is -2.26. The molecule has 7 heteroatoms. The highest BCUT2D eigenvalue weighted by molar-refractivity contribution is 5.93. The average molecular weight is 317 g/mol. The second kappa shape index (κ2) is 6.04. The van der Waals surface area contributed by atoms with Gasteiger partial charge < -0.3 is 25.3 Å². The van der Waals surface area contributed by atoms with Crippen molar-refractivity contribution in [1.29, 1.82) is 0 Å². The van der Waals surface area contributed by atoms with Gasteiger partial charge in [0, 0.05) is 18.0 Å². The lowest BCUT2D eigenvalue weighted by molar-refractivity contribution is 0.279. The van der Waals surface area contributed by atoms with Crippen molar-refractivity contribution in [2.75, 3.05) is 20.0 Å². The maximum atomic E-state index is 13.9. The van der Waals surface area contributed by atoms with Crippen LogP contribution in [-0.2, 0) is 9.47 Å². The van der Waals surface area contributed by atoms with Gasteiger partial charge >= 0.3 is 0 Å². The number of nitrogen functional groups attached to an aromatic ring is 1. The summed E-state index contributed by atoms with van der Waals surface area (Å²) in [6.45, 7) is 0. The molecular formula is C16H16FN3O3. The van der Waals surface area contributed by atoms with Crippen molar-refractivity contribution >= 4 is 11.6 Å². The number of nitrogens with one attached hydrogen (secondary N) is 1. The van der Waals surface area contributed by atoms with E-state index in [4.69, 9.17) is 19.9 Å². The number of ether oxygens (including phenoxy) is 3. The van der Waals surface area contributed by atoms with Crippen molar-refractivity contribution in [2.24, 2.45) is 4.99 Å². The first kappa shape index (κ1) is 15.0. The summed E-state index contributed by atoms with van der Waals surface area (Å²) >= 11 is 0. The van der Waals surface area contributed by atoms with E-state index in [1.54, 1.807) is 18.3 Å². The third kappa shape index (κ3) is 2.85. The van der Waals surface area contributed by atoms with Crippen LogP contribution in [0.4, 0.5) is 10.1 Å². The van der Waals surface area contributed by atoms with Crippen molar-refractivity contribution < 1.29 is 18.6 Å². The van der Waals surface area contributed by atoms with Crippen LogP contribution >= 0.6 is 0 Å². The van der Waals surface area contributed by atoms with Crippen molar-refractivity contribution in [3.05, 3.63) is 59.6 Å². The van der Waals surface area contributed by atoms with Gasteiger partial charge in [0.15, 0.2) is 23.1 Å². The van der Waals surface area contributed by atoms with E-state index < -0.39 is 5.82 Å². The van der Waals surface area contributed by atoms with Crippen molar-refractivity contribution in [3.63, 3.8) is 0 Å². The summed E-state index contributed by atoms with van der Waals surface area (Å²) in [7, 11) is 3.04. The van der Waals surface area contributed by atoms with Crippen molar-refractivity contribution in [3.8, 4) is 5.75 Å². The summed E-state index contributed by atoms with van der Waals surface area (Å²) in [5.74, 6) is 0.791. The summed E-state index contributed by atoms with van der Waals surface area (Å²) in [6, 6.07) is 4.00. The van der Waals surface area contributed by atoms with E-state index in [0.717, 1.165) is 0 Å². The number of nitrogens with zero attached hydrogens (tertiary/aromatic N) is 1. The monoisotopic (exact) mass is 317 g/mol. The average Bonchev–Trinajstić information content (AvgIpc) is 2.56. The van der Waals surface area contributed by atoms with Crippen LogP contribution in [0.3, 0.4) is 0 Å². The van der Waals surface area contributed by atoms with E-state index in [0.29, 0.717) is 28.8 Å². The Morgan fingerprint density at radius 3 is 2.78 bits per heavy atom. The number of methoxy groups -OCH3 is 2. The minimum absolute atomic E-state index is 0.0719. The molecule has 6 nitrogen and oxygen atoms in total. The van der Waals surface area contributed by atoms with Gasteiger partial charge in [-0.15, -0.1) is 0 Å². The number of aliphatic imine (C=N–C) groups is 1. The molecule has 0 aromatic heterocycles. The maximum Gasteiger partial charge on any atom is 0.256 e. The fraction of sp³-hybridized carbons (Fsp3) is 0.188. The minimum Gasteiger partial charge on any atom is -0.491 e. The Morgan fingerprint density at radius 1 is 1.26 bits per heavy atom. The van der Waals surface area contributed by atoms with Gasteiger partial charge in [-0.25, -0.2) is 9.38 Å². The van der Waals surface area contributed by atoms with E-state index in [-0.39, 0.29) is 11.8 Å². The van der Waals surface area contributed by atoms with Crippen molar-refractivity contribution in [2.45, 2.75) is 6.04 Å². The minimum atomic E-state index is -0.540. The predicted molar refractivity (Wildman–Crippen MR) is 84.1 cm³/mol. The highest BCUT2D eigenvalue weighted by atomic mass is 19.1. The quantitative estimate of drug-likeness (QED) is 0.835. The number of hydrogen-bond donors (Lipinski definition) is 2. The lowest BCUT2D eigenvalue weighted by atomic mass is 10.1. The summed E-state index contributed by atoms with van der Waals surface area (Å²) in [6.07, 6.45) is 5.19. The number of fused-ring (bicyclic) bond motifs is 1. The molecule has 3 N–H and O–H groups in total. The second-order valence-electron chi connectivity index (χ2n) is 4.88. The molecular weight excluding hydrogens is 301 g/mol. The molecule has 1 aromatic carbocycles. The van der Waals surface area contributed by atoms with Crippen LogP contribution in [0.1, 0.15) is 0 Å². The molecule has 23 heavy (non-hydrogen) atoms. The van der Waals surface area contributed by atoms with Crippen LogP contribution in [0, 0.1) is 5.82 Å². The Kier molecular flexibility index (Phi) is 3.92. The van der Waals surface area contributed by atoms with Crippen LogP contribution in [0.2, 0.25) is 0 Å². The molecule has 0 saturated heterocycles. The van der Waals surface area contributed by atoms with Gasteiger partial charge in [-0.3, -0.25) is 0 Å². The maximum absolute atomic E-state index is 13.9. The molecule has 2 heterocycles. The highest BCUT2D eigenvalue weighted by Gasteiger charge is 2.27. The Balaban J connectivity index is 1.98. The molecule has 0 radical (unpaired) electrons. The standard InChI is InChI=1S/C16H16FN3O3/c1-21-14-8-11-15(20-16(14)22-2)13(5-6-19-11)23-12-4-3-9(18)7-10(12)17/h3-8,11,19H,18H2,1-2H3. The normalized spacial score (nSPS) is 19.3. The first-order valence-electron chi connectivity index (χ1n) is 6.91. The van der Waals surface area contributed by atoms with E-state index in [1.807, 2.05) is 6.08 Å². The third-order valence-electron chi connectivity index (χ3n) is 3.40. The van der Waals surface area contributed by atoms with E-state index >= 15 is 0 Å². The van der Waals surface area contributed by atoms with Gasteiger partial charge in [-0.05, 0) is 24.3 Å². The molecule has 0 spiro atoms. The number of rotatable bonds is 3. The number of halogens is 1. The molecule has 2 aliphatic rings. The topological polar surface area (TPSA) is 78.1 Å². The SMILES string of the molecule is COC1=CC2NC=CC(Oc3ccc(N)cc3F)=C2N=C1OC. The van der Waals surface area contributed by atoms with E-state index in [2.05, 4.69) is 10.3 Å². The first-order valence-corrected chi connectivity index (χ1v) is 6.91. The molecule has 1 atom stereocenters. The van der Waals surface area contributed by atoms with Crippen LogP contribution in [0.25, 0.3) is 0 Å². The fourth-order valence-corrected chi connectivity index (χ4v) is 2.29. The van der Waals surface area contributed by atoms with Crippen LogP contribution in [0.5, 0.6) is 5.75 Å². The summed E-state index contributed by atoms with van der Waals surface area (Å²) in [5.41, 5.74) is 6.44. The van der Waals surface area contributed by atoms with E-state index in [1.165, 1.54) is 26.4 Å². The fourth-order valence-electron chi connectivity index (χ4n) is 2.29. The molecule has 120 valence electrons. The van der Waals surface area contributed by atoms with Gasteiger partial charge in [-0.1, -0.05) is 0 Å². The van der Waals surface area contributed by atoms with Gasteiger partial charge in [-0.2, -0.15) is 0 Å². The molecule has 1 unspecified atom stereocenters. The number of dihydropyridines is 2. The molecule has 0 saturated carbocycles. The zero-order valence-electron chi connectivity index (χ0n) is 12.7. The van der Waals surface area contributed by atoms with Crippen molar-refractivity contribution in [1.82, 2.24) is 5.32 Å². The Labute approximate surface area is 132 Å². The zero-order valence-corrected chi connectivity index (χ0v) is 12.7. The van der Waals surface area contributed by atoms with Crippen LogP contribution in [-0.4, -0.2) is 26.2 Å². The predicted octanol–water partition coefficient (Wildman–Crippen LogP) is 2.07. The Hall–Kier alpha value is -2.96. The zero-order chi connectivity index (χ0) is 16.4. The Morgan fingerprint density at radius 2 is 2.09 bits per heavy atom. The lowest BCUT2D eigenvalue weighted by Crippen LogP contribution is -2.33. The van der Waals surface area contributed by atoms with Crippen LogP contribution in [0.15, 0.2) is 58.8 Å². The highest BCUT2D eigenvalue weighted by Crippen LogP contribution is 2.28. The number of allylic oxidation sites excluding steroid dienone is 1. The number of hydrogen-bond acceptors (Lipinski definition) is 6. The number of anilines is 1. The first-order chi connectivity index (χ1) is 11.1. The molecule has 0 fully saturated rings. The van der Waals surface area contributed by atoms with E-state index in [9.17, 15) is 4.39 Å². The summed E-state index contributed by atoms with van der Waals surface area (Å²) in [4.78, 5) is 4.39. The number of nitrogens with two attached hydrogens (primary N) is 1. The smallest absolute Gasteiger partial charge is 0.256 e. The summed E-state index contributed by atoms with van der Waals surface area (Å²) in [5, 5.41) is 3.12. The van der Waals surface area contributed by atoms with Crippen LogP contribution < -0.4 is 15.8 Å². The molecule has 0 amide bonds. The third-order valence-corrected chi connectivity index (χ3v) is 3.40. The van der Waals surface area contributed by atoms with Gasteiger partial charge in [0.05, 0.1) is 20.3 Å². The van der Waals surface area contributed by atoms with Gasteiger partial charge in [0.2, 0.25) is 0 Å². The molecule has 2 aliphatic heterocycles. The molecule has 3 rings (SSSR count). The number of benzene rings is 1.